The summed E-state index contributed by atoms with van der Waals surface area (Å²) in [6, 6.07) is 6.56. The van der Waals surface area contributed by atoms with Gasteiger partial charge in [0.1, 0.15) is 0 Å². The number of ketones is 1. The summed E-state index contributed by atoms with van der Waals surface area (Å²) in [5.41, 5.74) is 3.17. The van der Waals surface area contributed by atoms with E-state index in [4.69, 9.17) is 0 Å². The minimum atomic E-state index is 0.248. The quantitative estimate of drug-likeness (QED) is 0.687. The van der Waals surface area contributed by atoms with Gasteiger partial charge in [0.05, 0.1) is 0 Å². The number of Topliss-reactive ketones (excluding diaryl/α,β-unsaturated/α-hetero) is 1. The third kappa shape index (κ3) is 5.98. The molecule has 0 radical (unpaired) electrons. The molecule has 0 fully saturated rings. The topological polar surface area (TPSA) is 23.6 Å². The summed E-state index contributed by atoms with van der Waals surface area (Å²) >= 11 is 0. The highest BCUT2D eigenvalue weighted by atomic mass is 16.1. The van der Waals surface area contributed by atoms with Crippen LogP contribution in [-0.4, -0.2) is 55.4 Å². The lowest BCUT2D eigenvalue weighted by molar-refractivity contribution is 0.0948. The van der Waals surface area contributed by atoms with Crippen LogP contribution in [0.2, 0.25) is 0 Å². The predicted octanol–water partition coefficient (Wildman–Crippen LogP) is 3.15. The van der Waals surface area contributed by atoms with Gasteiger partial charge in [-0.1, -0.05) is 24.1 Å². The van der Waals surface area contributed by atoms with Gasteiger partial charge in [0, 0.05) is 31.1 Å². The Morgan fingerprint density at radius 3 is 2.19 bits per heavy atom. The van der Waals surface area contributed by atoms with E-state index in [9.17, 15) is 4.79 Å². The average Bonchev–Trinajstić information content (AvgIpc) is 2.37. The molecule has 0 bridgehead atoms. The van der Waals surface area contributed by atoms with Crippen LogP contribution >= 0.6 is 0 Å². The Balaban J connectivity index is 2.61. The summed E-state index contributed by atoms with van der Waals surface area (Å²) < 4.78 is 0. The van der Waals surface area contributed by atoms with Crippen LogP contribution < -0.4 is 0 Å². The first kappa shape index (κ1) is 17.9. The third-order valence-electron chi connectivity index (χ3n) is 3.83. The standard InChI is InChI=1S/C18H30N2O/c1-7-20(16(4)13-19(5)6)9-8-18(21)17-11-14(2)10-15(3)12-17/h10-12,16H,7-9,13H2,1-6H3. The van der Waals surface area contributed by atoms with Gasteiger partial charge in [0.25, 0.3) is 0 Å². The summed E-state index contributed by atoms with van der Waals surface area (Å²) in [4.78, 5) is 16.9. The molecule has 0 N–H and O–H groups in total. The van der Waals surface area contributed by atoms with Gasteiger partial charge in [-0.15, -0.1) is 0 Å². The van der Waals surface area contributed by atoms with Gasteiger partial charge in [0.2, 0.25) is 0 Å². The van der Waals surface area contributed by atoms with Crippen molar-refractivity contribution in [1.29, 1.82) is 0 Å². The maximum Gasteiger partial charge on any atom is 0.164 e. The Bertz CT molecular complexity index is 448. The first-order valence-electron chi connectivity index (χ1n) is 7.83. The zero-order chi connectivity index (χ0) is 16.0. The van der Waals surface area contributed by atoms with Crippen molar-refractivity contribution >= 4 is 5.78 Å². The monoisotopic (exact) mass is 290 g/mol. The highest BCUT2D eigenvalue weighted by Crippen LogP contribution is 2.12. The van der Waals surface area contributed by atoms with E-state index in [2.05, 4.69) is 43.8 Å². The Morgan fingerprint density at radius 1 is 1.14 bits per heavy atom. The van der Waals surface area contributed by atoms with Crippen LogP contribution in [0.15, 0.2) is 18.2 Å². The SMILES string of the molecule is CCN(CCC(=O)c1cc(C)cc(C)c1)C(C)CN(C)C. The molecule has 21 heavy (non-hydrogen) atoms. The van der Waals surface area contributed by atoms with Gasteiger partial charge in [-0.2, -0.15) is 0 Å². The van der Waals surface area contributed by atoms with Gasteiger partial charge < -0.3 is 4.90 Å². The molecule has 1 unspecified atom stereocenters. The number of carbonyl (C=O) groups is 1. The van der Waals surface area contributed by atoms with Crippen LogP contribution in [0.5, 0.6) is 0 Å². The molecule has 1 aromatic rings. The number of hydrogen-bond donors (Lipinski definition) is 0. The third-order valence-corrected chi connectivity index (χ3v) is 3.83. The molecule has 0 spiro atoms. The number of rotatable bonds is 8. The molecule has 1 atom stereocenters. The van der Waals surface area contributed by atoms with Crippen LogP contribution in [-0.2, 0) is 0 Å². The second-order valence-electron chi connectivity index (χ2n) is 6.29. The molecule has 0 saturated heterocycles. The molecule has 1 rings (SSSR count). The lowest BCUT2D eigenvalue weighted by atomic mass is 10.0. The molecule has 118 valence electrons. The maximum atomic E-state index is 12.4. The normalized spacial score (nSPS) is 13.0. The van der Waals surface area contributed by atoms with Gasteiger partial charge in [-0.3, -0.25) is 9.69 Å². The van der Waals surface area contributed by atoms with E-state index in [1.54, 1.807) is 0 Å². The van der Waals surface area contributed by atoms with Crippen LogP contribution in [0.3, 0.4) is 0 Å². The smallest absolute Gasteiger partial charge is 0.164 e. The molecule has 3 nitrogen and oxygen atoms in total. The van der Waals surface area contributed by atoms with E-state index in [0.717, 1.165) is 36.3 Å². The average molecular weight is 290 g/mol. The fraction of sp³-hybridized carbons (Fsp3) is 0.611. The highest BCUT2D eigenvalue weighted by Gasteiger charge is 2.15. The first-order valence-corrected chi connectivity index (χ1v) is 7.83. The van der Waals surface area contributed by atoms with E-state index in [0.29, 0.717) is 12.5 Å². The van der Waals surface area contributed by atoms with Gasteiger partial charge in [0.15, 0.2) is 5.78 Å². The van der Waals surface area contributed by atoms with Crippen molar-refractivity contribution in [3.63, 3.8) is 0 Å². The summed E-state index contributed by atoms with van der Waals surface area (Å²) in [7, 11) is 4.18. The van der Waals surface area contributed by atoms with Crippen LogP contribution in [0.4, 0.5) is 0 Å². The molecule has 0 aliphatic rings. The van der Waals surface area contributed by atoms with E-state index in [1.165, 1.54) is 0 Å². The summed E-state index contributed by atoms with van der Waals surface area (Å²) in [5.74, 6) is 0.248. The number of likely N-dealkylation sites (N-methyl/N-ethyl adjacent to an activating group) is 2. The lowest BCUT2D eigenvalue weighted by Gasteiger charge is -2.29. The Morgan fingerprint density at radius 2 is 1.71 bits per heavy atom. The second-order valence-corrected chi connectivity index (χ2v) is 6.29. The predicted molar refractivity (Wildman–Crippen MR) is 90.1 cm³/mol. The van der Waals surface area contributed by atoms with E-state index < -0.39 is 0 Å². The lowest BCUT2D eigenvalue weighted by Crippen LogP contribution is -2.41. The molecule has 1 aromatic carbocycles. The fourth-order valence-corrected chi connectivity index (χ4v) is 2.86. The van der Waals surface area contributed by atoms with Crippen LogP contribution in [0.25, 0.3) is 0 Å². The van der Waals surface area contributed by atoms with Crippen molar-refractivity contribution in [1.82, 2.24) is 9.80 Å². The molecule has 0 aliphatic heterocycles. The molecule has 0 aliphatic carbocycles. The fourth-order valence-electron chi connectivity index (χ4n) is 2.86. The van der Waals surface area contributed by atoms with E-state index in [-0.39, 0.29) is 5.78 Å². The summed E-state index contributed by atoms with van der Waals surface area (Å²) in [6.07, 6.45) is 0.592. The minimum Gasteiger partial charge on any atom is -0.308 e. The van der Waals surface area contributed by atoms with Crippen molar-refractivity contribution in [2.24, 2.45) is 0 Å². The van der Waals surface area contributed by atoms with Gasteiger partial charge in [-0.05, 0) is 53.5 Å². The van der Waals surface area contributed by atoms with Crippen molar-refractivity contribution in [2.45, 2.75) is 40.2 Å². The number of benzene rings is 1. The van der Waals surface area contributed by atoms with Gasteiger partial charge in [-0.25, -0.2) is 0 Å². The Hall–Kier alpha value is -1.19. The zero-order valence-electron chi connectivity index (χ0n) is 14.4. The zero-order valence-corrected chi connectivity index (χ0v) is 14.4. The molecular formula is C18H30N2O. The largest absolute Gasteiger partial charge is 0.308 e. The van der Waals surface area contributed by atoms with E-state index >= 15 is 0 Å². The van der Waals surface area contributed by atoms with Crippen molar-refractivity contribution in [2.75, 3.05) is 33.7 Å². The maximum absolute atomic E-state index is 12.4. The molecule has 0 heterocycles. The number of nitrogens with zero attached hydrogens (tertiary/aromatic N) is 2. The van der Waals surface area contributed by atoms with Crippen LogP contribution in [0.1, 0.15) is 41.8 Å². The number of hydrogen-bond acceptors (Lipinski definition) is 3. The summed E-state index contributed by atoms with van der Waals surface area (Å²) in [6.45, 7) is 11.3. The van der Waals surface area contributed by atoms with Crippen molar-refractivity contribution in [3.05, 3.63) is 34.9 Å². The van der Waals surface area contributed by atoms with Crippen molar-refractivity contribution in [3.8, 4) is 0 Å². The molecule has 0 saturated carbocycles. The van der Waals surface area contributed by atoms with Gasteiger partial charge >= 0.3 is 0 Å². The summed E-state index contributed by atoms with van der Waals surface area (Å²) in [5, 5.41) is 0. The molecular weight excluding hydrogens is 260 g/mol. The van der Waals surface area contributed by atoms with Crippen LogP contribution in [0, 0.1) is 13.8 Å². The molecule has 3 heteroatoms. The Labute approximate surface area is 129 Å². The Kier molecular flexibility index (Phi) is 7.06. The number of carbonyl (C=O) groups excluding carboxylic acids is 1. The molecule has 0 amide bonds. The highest BCUT2D eigenvalue weighted by molar-refractivity contribution is 5.96. The minimum absolute atomic E-state index is 0.248. The van der Waals surface area contributed by atoms with Crippen molar-refractivity contribution < 1.29 is 4.79 Å². The molecule has 0 aromatic heterocycles. The van der Waals surface area contributed by atoms with E-state index in [1.807, 2.05) is 26.0 Å². The second kappa shape index (κ2) is 8.30. The first-order chi connectivity index (χ1) is 9.83. The number of aryl methyl sites for hydroxylation is 2.